The van der Waals surface area contributed by atoms with Gasteiger partial charge in [0.2, 0.25) is 0 Å². The minimum absolute atomic E-state index is 0.283. The van der Waals surface area contributed by atoms with Crippen molar-refractivity contribution in [2.45, 2.75) is 31.8 Å². The third-order valence-corrected chi connectivity index (χ3v) is 3.26. The number of nitrogens with two attached hydrogens (primary N) is 1. The van der Waals surface area contributed by atoms with Crippen LogP contribution in [0.25, 0.3) is 0 Å². The van der Waals surface area contributed by atoms with E-state index in [1.165, 1.54) is 17.5 Å². The molecule has 0 saturated carbocycles. The molecule has 1 aromatic rings. The molecular weight excluding hydrogens is 186 g/mol. The van der Waals surface area contributed by atoms with Crippen LogP contribution in [0.5, 0.6) is 0 Å². The lowest BCUT2D eigenvalue weighted by atomic mass is 9.89. The molecule has 82 valence electrons. The summed E-state index contributed by atoms with van der Waals surface area (Å²) in [6.45, 7) is 3.65. The molecule has 0 aliphatic carbocycles. The monoisotopic (exact) mass is 205 g/mol. The van der Waals surface area contributed by atoms with Gasteiger partial charge < -0.3 is 10.5 Å². The van der Waals surface area contributed by atoms with Gasteiger partial charge in [-0.1, -0.05) is 24.3 Å². The molecule has 2 rings (SSSR count). The van der Waals surface area contributed by atoms with E-state index in [1.54, 1.807) is 0 Å². The molecule has 0 radical (unpaired) electrons. The Labute approximate surface area is 91.4 Å². The Kier molecular flexibility index (Phi) is 3.39. The first-order valence-electron chi connectivity index (χ1n) is 5.68. The molecule has 1 fully saturated rings. The van der Waals surface area contributed by atoms with Crippen molar-refractivity contribution in [3.05, 3.63) is 35.4 Å². The van der Waals surface area contributed by atoms with Gasteiger partial charge in [0.1, 0.15) is 0 Å². The summed E-state index contributed by atoms with van der Waals surface area (Å²) in [5.41, 5.74) is 8.40. The Morgan fingerprint density at radius 2 is 2.13 bits per heavy atom. The fourth-order valence-corrected chi connectivity index (χ4v) is 2.28. The highest BCUT2D eigenvalue weighted by Crippen LogP contribution is 2.29. The molecule has 1 aromatic carbocycles. The number of hydrogen-bond donors (Lipinski definition) is 1. The molecule has 15 heavy (non-hydrogen) atoms. The largest absolute Gasteiger partial charge is 0.376 e. The van der Waals surface area contributed by atoms with Crippen LogP contribution in [-0.4, -0.2) is 19.3 Å². The number of aryl methyl sites for hydroxylation is 1. The van der Waals surface area contributed by atoms with Gasteiger partial charge in [0.15, 0.2) is 0 Å². The second-order valence-corrected chi connectivity index (χ2v) is 4.32. The smallest absolute Gasteiger partial charge is 0.0697 e. The summed E-state index contributed by atoms with van der Waals surface area (Å²) in [6, 6.07) is 8.58. The van der Waals surface area contributed by atoms with Gasteiger partial charge in [0.25, 0.3) is 0 Å². The van der Waals surface area contributed by atoms with Gasteiger partial charge in [-0.3, -0.25) is 0 Å². The lowest BCUT2D eigenvalue weighted by molar-refractivity contribution is 0.00944. The molecule has 1 heterocycles. The fourth-order valence-electron chi connectivity index (χ4n) is 2.28. The Balaban J connectivity index is 2.04. The zero-order valence-corrected chi connectivity index (χ0v) is 9.28. The first kappa shape index (κ1) is 10.7. The van der Waals surface area contributed by atoms with Crippen LogP contribution in [0.3, 0.4) is 0 Å². The summed E-state index contributed by atoms with van der Waals surface area (Å²) in [5.74, 6) is 0.564. The van der Waals surface area contributed by atoms with Crippen LogP contribution in [0.15, 0.2) is 24.3 Å². The van der Waals surface area contributed by atoms with Crippen LogP contribution in [0, 0.1) is 6.92 Å². The van der Waals surface area contributed by atoms with Crippen LogP contribution < -0.4 is 5.73 Å². The maximum atomic E-state index is 5.72. The highest BCUT2D eigenvalue weighted by Gasteiger charge is 2.22. The molecule has 0 amide bonds. The summed E-state index contributed by atoms with van der Waals surface area (Å²) in [7, 11) is 0. The Morgan fingerprint density at radius 3 is 2.73 bits per heavy atom. The molecular formula is C13H19NO. The standard InChI is InChI=1S/C13H19NO/c1-10-4-2-3-5-13(10)11-6-7-12(8-14)15-9-11/h2-5,11-12H,6-9,14H2,1H3. The van der Waals surface area contributed by atoms with Crippen molar-refractivity contribution in [1.29, 1.82) is 0 Å². The van der Waals surface area contributed by atoms with Crippen molar-refractivity contribution < 1.29 is 4.74 Å². The highest BCUT2D eigenvalue weighted by atomic mass is 16.5. The van der Waals surface area contributed by atoms with Gasteiger partial charge in [-0.15, -0.1) is 0 Å². The van der Waals surface area contributed by atoms with Crippen molar-refractivity contribution in [1.82, 2.24) is 0 Å². The third-order valence-electron chi connectivity index (χ3n) is 3.26. The SMILES string of the molecule is Cc1ccccc1C1CCC(CN)OC1. The lowest BCUT2D eigenvalue weighted by Crippen LogP contribution is -2.31. The molecule has 2 unspecified atom stereocenters. The molecule has 2 nitrogen and oxygen atoms in total. The molecule has 1 aliphatic heterocycles. The minimum Gasteiger partial charge on any atom is -0.376 e. The molecule has 0 spiro atoms. The van der Waals surface area contributed by atoms with E-state index in [2.05, 4.69) is 31.2 Å². The number of ether oxygens (including phenoxy) is 1. The van der Waals surface area contributed by atoms with Crippen molar-refractivity contribution >= 4 is 0 Å². The third kappa shape index (κ3) is 2.39. The van der Waals surface area contributed by atoms with E-state index in [4.69, 9.17) is 10.5 Å². The topological polar surface area (TPSA) is 35.2 Å². The van der Waals surface area contributed by atoms with E-state index in [0.29, 0.717) is 12.5 Å². The van der Waals surface area contributed by atoms with Crippen molar-refractivity contribution in [2.24, 2.45) is 5.73 Å². The summed E-state index contributed by atoms with van der Waals surface area (Å²) in [6.07, 6.45) is 2.58. The first-order valence-corrected chi connectivity index (χ1v) is 5.68. The summed E-state index contributed by atoms with van der Waals surface area (Å²) in [5, 5.41) is 0. The molecule has 1 saturated heterocycles. The summed E-state index contributed by atoms with van der Waals surface area (Å²) in [4.78, 5) is 0. The van der Waals surface area contributed by atoms with Crippen LogP contribution in [-0.2, 0) is 4.74 Å². The zero-order chi connectivity index (χ0) is 10.7. The second-order valence-electron chi connectivity index (χ2n) is 4.32. The fraction of sp³-hybridized carbons (Fsp3) is 0.538. The number of rotatable bonds is 2. The summed E-state index contributed by atoms with van der Waals surface area (Å²) >= 11 is 0. The van der Waals surface area contributed by atoms with Crippen LogP contribution in [0.4, 0.5) is 0 Å². The Bertz CT molecular complexity index is 316. The summed E-state index contributed by atoms with van der Waals surface area (Å²) < 4.78 is 5.72. The van der Waals surface area contributed by atoms with Gasteiger partial charge in [-0.25, -0.2) is 0 Å². The maximum absolute atomic E-state index is 5.72. The van der Waals surface area contributed by atoms with Gasteiger partial charge in [0, 0.05) is 12.5 Å². The molecule has 0 bridgehead atoms. The van der Waals surface area contributed by atoms with E-state index in [-0.39, 0.29) is 6.10 Å². The van der Waals surface area contributed by atoms with Gasteiger partial charge in [-0.2, -0.15) is 0 Å². The minimum atomic E-state index is 0.283. The zero-order valence-electron chi connectivity index (χ0n) is 9.28. The Hall–Kier alpha value is -0.860. The lowest BCUT2D eigenvalue weighted by Gasteiger charge is -2.29. The molecule has 2 atom stereocenters. The molecule has 2 heteroatoms. The quantitative estimate of drug-likeness (QED) is 0.803. The predicted molar refractivity (Wildman–Crippen MR) is 61.9 cm³/mol. The molecule has 1 aliphatic rings. The average Bonchev–Trinajstić information content (AvgIpc) is 2.30. The Morgan fingerprint density at radius 1 is 1.33 bits per heavy atom. The number of hydrogen-bond acceptors (Lipinski definition) is 2. The first-order chi connectivity index (χ1) is 7.31. The normalized spacial score (nSPS) is 26.5. The van der Waals surface area contributed by atoms with E-state index in [1.807, 2.05) is 0 Å². The van der Waals surface area contributed by atoms with E-state index in [0.717, 1.165) is 13.0 Å². The van der Waals surface area contributed by atoms with Gasteiger partial charge in [0.05, 0.1) is 12.7 Å². The average molecular weight is 205 g/mol. The van der Waals surface area contributed by atoms with Crippen LogP contribution in [0.2, 0.25) is 0 Å². The molecule has 0 aromatic heterocycles. The van der Waals surface area contributed by atoms with Crippen molar-refractivity contribution in [3.63, 3.8) is 0 Å². The van der Waals surface area contributed by atoms with Crippen molar-refractivity contribution in [2.75, 3.05) is 13.2 Å². The maximum Gasteiger partial charge on any atom is 0.0697 e. The van der Waals surface area contributed by atoms with Gasteiger partial charge >= 0.3 is 0 Å². The van der Waals surface area contributed by atoms with Crippen LogP contribution in [0.1, 0.15) is 29.9 Å². The van der Waals surface area contributed by atoms with Gasteiger partial charge in [-0.05, 0) is 30.9 Å². The predicted octanol–water partition coefficient (Wildman–Crippen LogP) is 2.22. The number of benzene rings is 1. The van der Waals surface area contributed by atoms with Crippen LogP contribution >= 0.6 is 0 Å². The molecule has 2 N–H and O–H groups in total. The van der Waals surface area contributed by atoms with E-state index >= 15 is 0 Å². The van der Waals surface area contributed by atoms with E-state index in [9.17, 15) is 0 Å². The van der Waals surface area contributed by atoms with E-state index < -0.39 is 0 Å². The second kappa shape index (κ2) is 4.77. The highest BCUT2D eigenvalue weighted by molar-refractivity contribution is 5.29. The van der Waals surface area contributed by atoms with Crippen molar-refractivity contribution in [3.8, 4) is 0 Å².